The molecule has 2 aromatic carbocycles. The summed E-state index contributed by atoms with van der Waals surface area (Å²) >= 11 is 7.35. The smallest absolute Gasteiger partial charge is 0.358 e. The van der Waals surface area contributed by atoms with Crippen LogP contribution < -0.4 is 16.0 Å². The Morgan fingerprint density at radius 3 is 2.56 bits per heavy atom. The lowest BCUT2D eigenvalue weighted by Crippen LogP contribution is -2.41. The molecule has 34 heavy (non-hydrogen) atoms. The number of halogens is 1. The fourth-order valence-electron chi connectivity index (χ4n) is 3.41. The van der Waals surface area contributed by atoms with Crippen molar-refractivity contribution in [1.82, 2.24) is 10.3 Å². The SMILES string of the molecule is COC(=O)c1nc(NC(=O)CC[C@H]2NC(=O)c3ccccc3NC2=O)sc1-c1ccccc1Cl. The van der Waals surface area contributed by atoms with Crippen molar-refractivity contribution in [1.29, 1.82) is 0 Å². The van der Waals surface area contributed by atoms with Crippen LogP contribution in [0.15, 0.2) is 48.5 Å². The zero-order chi connectivity index (χ0) is 24.2. The Kier molecular flexibility index (Phi) is 6.90. The summed E-state index contributed by atoms with van der Waals surface area (Å²) in [6.07, 6.45) is 0.00722. The van der Waals surface area contributed by atoms with Gasteiger partial charge in [-0.05, 0) is 24.6 Å². The Balaban J connectivity index is 1.45. The summed E-state index contributed by atoms with van der Waals surface area (Å²) in [5.74, 6) is -1.90. The zero-order valence-corrected chi connectivity index (χ0v) is 19.5. The molecule has 9 nitrogen and oxygen atoms in total. The number of aromatic nitrogens is 1. The van der Waals surface area contributed by atoms with E-state index in [9.17, 15) is 19.2 Å². The highest BCUT2D eigenvalue weighted by atomic mass is 35.5. The number of carbonyl (C=O) groups excluding carboxylic acids is 4. The third-order valence-electron chi connectivity index (χ3n) is 5.08. The van der Waals surface area contributed by atoms with Crippen molar-refractivity contribution in [3.05, 3.63) is 64.8 Å². The standard InChI is InChI=1S/C23H19ClN4O5S/c1-33-22(32)18-19(12-6-2-4-8-14(12)24)34-23(28-18)27-17(29)11-10-16-21(31)25-15-9-5-3-7-13(15)20(30)26-16/h2-9,16H,10-11H2,1H3,(H,25,31)(H,26,30)(H,27,28,29)/t16-/m1/s1. The molecule has 174 valence electrons. The lowest BCUT2D eigenvalue weighted by Gasteiger charge is -2.13. The highest BCUT2D eigenvalue weighted by Gasteiger charge is 2.28. The van der Waals surface area contributed by atoms with Gasteiger partial charge in [0.15, 0.2) is 10.8 Å². The molecule has 1 aliphatic rings. The molecule has 3 aromatic rings. The second-order valence-corrected chi connectivity index (χ2v) is 8.72. The molecular weight excluding hydrogens is 480 g/mol. The number of carbonyl (C=O) groups is 4. The van der Waals surface area contributed by atoms with Crippen LogP contribution >= 0.6 is 22.9 Å². The summed E-state index contributed by atoms with van der Waals surface area (Å²) in [5, 5.41) is 8.60. The Labute approximate surface area is 203 Å². The van der Waals surface area contributed by atoms with Gasteiger partial charge in [-0.25, -0.2) is 9.78 Å². The number of anilines is 2. The van der Waals surface area contributed by atoms with Crippen molar-refractivity contribution in [2.75, 3.05) is 17.7 Å². The number of hydrogen-bond acceptors (Lipinski definition) is 7. The van der Waals surface area contributed by atoms with Gasteiger partial charge in [0.25, 0.3) is 5.91 Å². The molecule has 1 atom stereocenters. The fourth-order valence-corrected chi connectivity index (χ4v) is 4.70. The van der Waals surface area contributed by atoms with Crippen LogP contribution in [-0.4, -0.2) is 41.8 Å². The number of esters is 1. The molecule has 0 saturated carbocycles. The number of benzene rings is 2. The molecule has 1 aromatic heterocycles. The maximum atomic E-state index is 12.6. The van der Waals surface area contributed by atoms with Gasteiger partial charge in [-0.1, -0.05) is 53.3 Å². The van der Waals surface area contributed by atoms with Crippen molar-refractivity contribution >= 4 is 57.4 Å². The van der Waals surface area contributed by atoms with Gasteiger partial charge in [-0.15, -0.1) is 0 Å². The number of nitrogens with zero attached hydrogens (tertiary/aromatic N) is 1. The number of ether oxygens (including phenoxy) is 1. The molecule has 0 unspecified atom stereocenters. The first-order valence-electron chi connectivity index (χ1n) is 10.2. The Hall–Kier alpha value is -3.76. The molecule has 0 saturated heterocycles. The van der Waals surface area contributed by atoms with E-state index in [0.29, 0.717) is 26.7 Å². The number of rotatable bonds is 6. The molecule has 3 amide bonds. The summed E-state index contributed by atoms with van der Waals surface area (Å²) in [5.41, 5.74) is 1.39. The number of amides is 3. The number of nitrogens with one attached hydrogen (secondary N) is 3. The lowest BCUT2D eigenvalue weighted by atomic mass is 10.1. The van der Waals surface area contributed by atoms with Crippen molar-refractivity contribution in [3.8, 4) is 10.4 Å². The average Bonchev–Trinajstić information content (AvgIpc) is 3.19. The van der Waals surface area contributed by atoms with Crippen LogP contribution in [0.25, 0.3) is 10.4 Å². The minimum Gasteiger partial charge on any atom is -0.464 e. The van der Waals surface area contributed by atoms with Gasteiger partial charge in [0.1, 0.15) is 6.04 Å². The first kappa shape index (κ1) is 23.4. The van der Waals surface area contributed by atoms with Gasteiger partial charge < -0.3 is 20.7 Å². The van der Waals surface area contributed by atoms with Crippen LogP contribution in [0.1, 0.15) is 33.7 Å². The van der Waals surface area contributed by atoms with Crippen LogP contribution in [0.4, 0.5) is 10.8 Å². The number of hydrogen-bond donors (Lipinski definition) is 3. The first-order valence-corrected chi connectivity index (χ1v) is 11.4. The van der Waals surface area contributed by atoms with Gasteiger partial charge in [0.2, 0.25) is 11.8 Å². The minimum atomic E-state index is -0.883. The van der Waals surface area contributed by atoms with Crippen LogP contribution in [0.5, 0.6) is 0 Å². The van der Waals surface area contributed by atoms with Crippen LogP contribution in [0, 0.1) is 0 Å². The molecule has 0 radical (unpaired) electrons. The van der Waals surface area contributed by atoms with E-state index < -0.39 is 29.7 Å². The van der Waals surface area contributed by atoms with Crippen LogP contribution in [0.2, 0.25) is 5.02 Å². The summed E-state index contributed by atoms with van der Waals surface area (Å²) in [7, 11) is 1.24. The highest BCUT2D eigenvalue weighted by molar-refractivity contribution is 7.19. The molecule has 0 aliphatic carbocycles. The van der Waals surface area contributed by atoms with E-state index in [4.69, 9.17) is 16.3 Å². The van der Waals surface area contributed by atoms with E-state index in [1.807, 2.05) is 0 Å². The van der Waals surface area contributed by atoms with Gasteiger partial charge >= 0.3 is 5.97 Å². The largest absolute Gasteiger partial charge is 0.464 e. The van der Waals surface area contributed by atoms with Crippen molar-refractivity contribution < 1.29 is 23.9 Å². The van der Waals surface area contributed by atoms with Crippen LogP contribution in [0.3, 0.4) is 0 Å². The molecule has 1 aliphatic heterocycles. The van der Waals surface area contributed by atoms with E-state index in [1.54, 1.807) is 48.5 Å². The molecule has 4 rings (SSSR count). The molecule has 0 spiro atoms. The maximum absolute atomic E-state index is 12.6. The number of thiazole rings is 1. The van der Waals surface area contributed by atoms with E-state index >= 15 is 0 Å². The third kappa shape index (κ3) is 4.92. The quantitative estimate of drug-likeness (QED) is 0.444. The summed E-state index contributed by atoms with van der Waals surface area (Å²) < 4.78 is 4.81. The van der Waals surface area contributed by atoms with Gasteiger partial charge in [0.05, 0.1) is 23.2 Å². The molecule has 2 heterocycles. The summed E-state index contributed by atoms with van der Waals surface area (Å²) in [6.45, 7) is 0. The first-order chi connectivity index (χ1) is 16.4. The highest BCUT2D eigenvalue weighted by Crippen LogP contribution is 2.37. The van der Waals surface area contributed by atoms with E-state index in [1.165, 1.54) is 7.11 Å². The molecular formula is C23H19ClN4O5S. The average molecular weight is 499 g/mol. The number of fused-ring (bicyclic) bond motifs is 1. The fraction of sp³-hybridized carbons (Fsp3) is 0.174. The van der Waals surface area contributed by atoms with E-state index in [-0.39, 0.29) is 23.7 Å². The van der Waals surface area contributed by atoms with Crippen molar-refractivity contribution in [3.63, 3.8) is 0 Å². The normalized spacial score (nSPS) is 14.9. The number of para-hydroxylation sites is 1. The van der Waals surface area contributed by atoms with Crippen molar-refractivity contribution in [2.45, 2.75) is 18.9 Å². The van der Waals surface area contributed by atoms with Gasteiger partial charge in [-0.3, -0.25) is 14.4 Å². The molecule has 3 N–H and O–H groups in total. The Bertz CT molecular complexity index is 1290. The van der Waals surface area contributed by atoms with Gasteiger partial charge in [-0.2, -0.15) is 0 Å². The third-order valence-corrected chi connectivity index (χ3v) is 6.42. The monoisotopic (exact) mass is 498 g/mol. The van der Waals surface area contributed by atoms with E-state index in [0.717, 1.165) is 11.3 Å². The minimum absolute atomic E-state index is 0.0315. The predicted molar refractivity (Wildman–Crippen MR) is 128 cm³/mol. The lowest BCUT2D eigenvalue weighted by molar-refractivity contribution is -0.118. The molecule has 0 bridgehead atoms. The summed E-state index contributed by atoms with van der Waals surface area (Å²) in [6, 6.07) is 12.7. The summed E-state index contributed by atoms with van der Waals surface area (Å²) in [4.78, 5) is 54.4. The second kappa shape index (κ2) is 10.0. The van der Waals surface area contributed by atoms with Crippen molar-refractivity contribution in [2.24, 2.45) is 0 Å². The van der Waals surface area contributed by atoms with E-state index in [2.05, 4.69) is 20.9 Å². The number of methoxy groups -OCH3 is 1. The maximum Gasteiger partial charge on any atom is 0.358 e. The topological polar surface area (TPSA) is 126 Å². The van der Waals surface area contributed by atoms with Crippen LogP contribution in [-0.2, 0) is 14.3 Å². The molecule has 0 fully saturated rings. The Morgan fingerprint density at radius 2 is 1.82 bits per heavy atom. The second-order valence-electron chi connectivity index (χ2n) is 7.32. The molecule has 11 heteroatoms. The van der Waals surface area contributed by atoms with Gasteiger partial charge in [0, 0.05) is 17.0 Å². The predicted octanol–water partition coefficient (Wildman–Crippen LogP) is 3.72. The Morgan fingerprint density at radius 1 is 1.12 bits per heavy atom. The zero-order valence-electron chi connectivity index (χ0n) is 17.9.